The Hall–Kier alpha value is -3.62. The molecule has 190 valence electrons. The number of nitrogens with one attached hydrogen (secondary N) is 1. The van der Waals surface area contributed by atoms with Crippen molar-refractivity contribution in [3.8, 4) is 11.1 Å². The number of rotatable bonds is 6. The monoisotopic (exact) mass is 497 g/mol. The normalized spacial score (nSPS) is 17.8. The summed E-state index contributed by atoms with van der Waals surface area (Å²) < 4.78 is 18.2. The molecular formula is C29H32BN3O4. The number of aromatic nitrogens is 1. The number of fused-ring (bicyclic) bond motifs is 3. The van der Waals surface area contributed by atoms with Crippen LogP contribution in [-0.2, 0) is 14.0 Å². The van der Waals surface area contributed by atoms with E-state index in [9.17, 15) is 4.79 Å². The van der Waals surface area contributed by atoms with Crippen LogP contribution >= 0.6 is 0 Å². The van der Waals surface area contributed by atoms with Crippen LogP contribution in [0.4, 0.5) is 10.5 Å². The third-order valence-corrected chi connectivity index (χ3v) is 7.56. The smallest absolute Gasteiger partial charge is 0.449 e. The number of hydrogen-bond donors (Lipinski definition) is 2. The predicted octanol–water partition coefficient (Wildman–Crippen LogP) is 5.22. The molecule has 8 heteroatoms. The fraction of sp³-hybridized carbons (Fsp3) is 0.310. The molecule has 0 bridgehead atoms. The van der Waals surface area contributed by atoms with E-state index in [2.05, 4.69) is 34.6 Å². The van der Waals surface area contributed by atoms with Gasteiger partial charge < -0.3 is 25.1 Å². The minimum atomic E-state index is -0.647. The van der Waals surface area contributed by atoms with Gasteiger partial charge >= 0.3 is 13.2 Å². The summed E-state index contributed by atoms with van der Waals surface area (Å²) in [6.45, 7) is 8.38. The Balaban J connectivity index is 1.30. The van der Waals surface area contributed by atoms with E-state index in [4.69, 9.17) is 19.8 Å². The van der Waals surface area contributed by atoms with Crippen molar-refractivity contribution in [3.63, 3.8) is 0 Å². The molecule has 7 nitrogen and oxygen atoms in total. The Bertz CT molecular complexity index is 1290. The van der Waals surface area contributed by atoms with Crippen molar-refractivity contribution in [3.05, 3.63) is 89.2 Å². The van der Waals surface area contributed by atoms with Crippen LogP contribution in [0.2, 0.25) is 0 Å². The number of nitrogens with two attached hydrogens (primary N) is 1. The SMILES string of the molecule is CC1(C)OB(C(=Cc2ccncc2N)CNC(=O)OCC2c3ccccc3-c3ccccc32)OC1(C)C. The Morgan fingerprint density at radius 2 is 1.62 bits per heavy atom. The van der Waals surface area contributed by atoms with Gasteiger partial charge in [-0.15, -0.1) is 0 Å². The molecule has 3 N–H and O–H groups in total. The van der Waals surface area contributed by atoms with Crippen molar-refractivity contribution in [1.82, 2.24) is 10.3 Å². The van der Waals surface area contributed by atoms with E-state index in [1.165, 1.54) is 22.3 Å². The van der Waals surface area contributed by atoms with Crippen molar-refractivity contribution in [2.45, 2.75) is 44.8 Å². The molecule has 37 heavy (non-hydrogen) atoms. The second kappa shape index (κ2) is 9.69. The van der Waals surface area contributed by atoms with E-state index >= 15 is 0 Å². The highest BCUT2D eigenvalue weighted by atomic mass is 16.7. The van der Waals surface area contributed by atoms with Gasteiger partial charge in [0, 0.05) is 18.7 Å². The van der Waals surface area contributed by atoms with Crippen molar-refractivity contribution < 1.29 is 18.8 Å². The van der Waals surface area contributed by atoms with Crippen LogP contribution < -0.4 is 11.1 Å². The molecule has 1 aliphatic heterocycles. The first-order valence-corrected chi connectivity index (χ1v) is 12.5. The number of amides is 1. The number of alkyl carbamates (subject to hydrolysis) is 1. The summed E-state index contributed by atoms with van der Waals surface area (Å²) in [6, 6.07) is 18.3. The van der Waals surface area contributed by atoms with Crippen molar-refractivity contribution >= 4 is 25.0 Å². The van der Waals surface area contributed by atoms with E-state index in [0.717, 1.165) is 11.0 Å². The van der Waals surface area contributed by atoms with Crippen LogP contribution in [0.5, 0.6) is 0 Å². The zero-order valence-corrected chi connectivity index (χ0v) is 21.7. The maximum Gasteiger partial charge on any atom is 0.492 e. The molecule has 0 saturated carbocycles. The first-order valence-electron chi connectivity index (χ1n) is 12.5. The lowest BCUT2D eigenvalue weighted by molar-refractivity contribution is 0.00578. The van der Waals surface area contributed by atoms with Crippen LogP contribution in [0.1, 0.15) is 50.3 Å². The third-order valence-electron chi connectivity index (χ3n) is 7.56. The van der Waals surface area contributed by atoms with Crippen LogP contribution in [0.15, 0.2) is 72.5 Å². The van der Waals surface area contributed by atoms with Gasteiger partial charge in [-0.1, -0.05) is 54.6 Å². The number of nitrogens with zero attached hydrogens (tertiary/aromatic N) is 1. The van der Waals surface area contributed by atoms with Crippen LogP contribution in [0, 0.1) is 0 Å². The maximum atomic E-state index is 12.8. The second-order valence-corrected chi connectivity index (χ2v) is 10.5. The van der Waals surface area contributed by atoms with Gasteiger partial charge in [-0.3, -0.25) is 4.98 Å². The molecule has 0 radical (unpaired) electrons. The molecule has 5 rings (SSSR count). The molecule has 0 atom stereocenters. The number of hydrogen-bond acceptors (Lipinski definition) is 6. The number of pyridine rings is 1. The predicted molar refractivity (Wildman–Crippen MR) is 146 cm³/mol. The fourth-order valence-electron chi connectivity index (χ4n) is 4.77. The molecule has 2 aliphatic rings. The summed E-state index contributed by atoms with van der Waals surface area (Å²) in [5.74, 6) is -0.00660. The molecule has 0 spiro atoms. The number of anilines is 1. The summed E-state index contributed by atoms with van der Waals surface area (Å²) >= 11 is 0. The van der Waals surface area contributed by atoms with Crippen molar-refractivity contribution in [2.75, 3.05) is 18.9 Å². The Kier molecular flexibility index (Phi) is 6.56. The molecule has 1 aliphatic carbocycles. The van der Waals surface area contributed by atoms with E-state index in [-0.39, 0.29) is 19.1 Å². The van der Waals surface area contributed by atoms with Crippen molar-refractivity contribution in [1.29, 1.82) is 0 Å². The lowest BCUT2D eigenvalue weighted by Crippen LogP contribution is -2.41. The standard InChI is InChI=1S/C29H32BN3O4/c1-28(2)29(3,4)37-30(36-28)20(15-19-13-14-32-17-26(19)31)16-33-27(34)35-18-25-23-11-7-5-9-21(23)22-10-6-8-12-24(22)25/h5-15,17,25H,16,18,31H2,1-4H3,(H,33,34). The summed E-state index contributed by atoms with van der Waals surface area (Å²) in [4.78, 5) is 16.9. The number of carbonyl (C=O) groups is 1. The first kappa shape index (κ1) is 25.1. The Labute approximate surface area is 218 Å². The molecule has 0 unspecified atom stereocenters. The highest BCUT2D eigenvalue weighted by molar-refractivity contribution is 6.56. The minimum Gasteiger partial charge on any atom is -0.449 e. The highest BCUT2D eigenvalue weighted by Crippen LogP contribution is 2.44. The lowest BCUT2D eigenvalue weighted by Gasteiger charge is -2.32. The average molecular weight is 497 g/mol. The first-order chi connectivity index (χ1) is 17.7. The summed E-state index contributed by atoms with van der Waals surface area (Å²) in [7, 11) is -0.647. The van der Waals surface area contributed by atoms with Gasteiger partial charge in [0.1, 0.15) is 6.61 Å². The van der Waals surface area contributed by atoms with Gasteiger partial charge in [-0.05, 0) is 67.1 Å². The van der Waals surface area contributed by atoms with Gasteiger partial charge in [-0.25, -0.2) is 4.79 Å². The highest BCUT2D eigenvalue weighted by Gasteiger charge is 2.52. The lowest BCUT2D eigenvalue weighted by atomic mass is 9.77. The van der Waals surface area contributed by atoms with E-state index in [0.29, 0.717) is 5.69 Å². The van der Waals surface area contributed by atoms with E-state index in [1.807, 2.05) is 64.1 Å². The topological polar surface area (TPSA) is 95.7 Å². The number of carbonyl (C=O) groups excluding carboxylic acids is 1. The van der Waals surface area contributed by atoms with Crippen LogP contribution in [0.3, 0.4) is 0 Å². The zero-order valence-electron chi connectivity index (χ0n) is 21.7. The fourth-order valence-corrected chi connectivity index (χ4v) is 4.77. The van der Waals surface area contributed by atoms with Crippen molar-refractivity contribution in [2.24, 2.45) is 0 Å². The molecular weight excluding hydrogens is 465 g/mol. The van der Waals surface area contributed by atoms with Crippen LogP contribution in [-0.4, -0.2) is 42.5 Å². The summed E-state index contributed by atoms with van der Waals surface area (Å²) in [6.07, 6.45) is 4.63. The van der Waals surface area contributed by atoms with Gasteiger partial charge in [-0.2, -0.15) is 0 Å². The van der Waals surface area contributed by atoms with E-state index < -0.39 is 24.4 Å². The summed E-state index contributed by atoms with van der Waals surface area (Å²) in [5.41, 5.74) is 11.8. The van der Waals surface area contributed by atoms with E-state index in [1.54, 1.807) is 12.4 Å². The molecule has 2 aromatic carbocycles. The van der Waals surface area contributed by atoms with Gasteiger partial charge in [0.2, 0.25) is 0 Å². The molecule has 2 heterocycles. The zero-order chi connectivity index (χ0) is 26.2. The van der Waals surface area contributed by atoms with Crippen LogP contribution in [0.25, 0.3) is 17.2 Å². The molecule has 1 aromatic heterocycles. The number of nitrogen functional groups attached to an aromatic ring is 1. The summed E-state index contributed by atoms with van der Waals surface area (Å²) in [5, 5.41) is 2.88. The average Bonchev–Trinajstić information content (AvgIpc) is 3.30. The number of benzene rings is 2. The molecule has 1 amide bonds. The molecule has 3 aromatic rings. The Morgan fingerprint density at radius 3 is 2.22 bits per heavy atom. The maximum absolute atomic E-state index is 12.8. The minimum absolute atomic E-state index is 0.00660. The van der Waals surface area contributed by atoms with Gasteiger partial charge in [0.05, 0.1) is 23.1 Å². The largest absolute Gasteiger partial charge is 0.492 e. The third kappa shape index (κ3) is 4.87. The molecule has 1 fully saturated rings. The van der Waals surface area contributed by atoms with Gasteiger partial charge in [0.25, 0.3) is 0 Å². The second-order valence-electron chi connectivity index (χ2n) is 10.5. The number of ether oxygens (including phenoxy) is 1. The Morgan fingerprint density at radius 1 is 1.03 bits per heavy atom. The quantitative estimate of drug-likeness (QED) is 0.454. The molecule has 1 saturated heterocycles. The van der Waals surface area contributed by atoms with Gasteiger partial charge in [0.15, 0.2) is 0 Å².